The summed E-state index contributed by atoms with van der Waals surface area (Å²) in [5.74, 6) is 0.555. The lowest BCUT2D eigenvalue weighted by atomic mass is 9.89. The van der Waals surface area contributed by atoms with Gasteiger partial charge in [-0.2, -0.15) is 0 Å². The highest BCUT2D eigenvalue weighted by Crippen LogP contribution is 2.22. The highest BCUT2D eigenvalue weighted by atomic mass is 16.5. The van der Waals surface area contributed by atoms with Crippen LogP contribution in [0.1, 0.15) is 49.4 Å². The Morgan fingerprint density at radius 2 is 1.86 bits per heavy atom. The summed E-state index contributed by atoms with van der Waals surface area (Å²) in [5, 5.41) is 2.96. The second-order valence-corrected chi connectivity index (χ2v) is 5.90. The number of nitrogens with one attached hydrogen (secondary N) is 1. The molecule has 1 aromatic carbocycles. The Morgan fingerprint density at radius 3 is 2.45 bits per heavy atom. The third-order valence-corrected chi connectivity index (χ3v) is 4.11. The van der Waals surface area contributed by atoms with Crippen LogP contribution in [0, 0.1) is 5.92 Å². The number of rotatable bonds is 6. The smallest absolute Gasteiger partial charge is 0.260 e. The number of hydrogen-bond acceptors (Lipinski definition) is 3. The van der Waals surface area contributed by atoms with Crippen molar-refractivity contribution in [1.82, 2.24) is 5.32 Å². The molecule has 0 bridgehead atoms. The molecule has 1 atom stereocenters. The number of carbonyl (C=O) groups excluding carboxylic acids is 2. The predicted molar refractivity (Wildman–Crippen MR) is 84.6 cm³/mol. The van der Waals surface area contributed by atoms with Gasteiger partial charge in [-0.3, -0.25) is 9.59 Å². The van der Waals surface area contributed by atoms with Gasteiger partial charge in [0.1, 0.15) is 5.75 Å². The van der Waals surface area contributed by atoms with Gasteiger partial charge in [0.25, 0.3) is 5.91 Å². The van der Waals surface area contributed by atoms with Crippen molar-refractivity contribution in [2.24, 2.45) is 11.7 Å². The minimum atomic E-state index is -0.567. The fraction of sp³-hybridized carbons (Fsp3) is 0.529. The van der Waals surface area contributed by atoms with Crippen molar-refractivity contribution in [3.63, 3.8) is 0 Å². The molecule has 3 N–H and O–H groups in total. The van der Waals surface area contributed by atoms with Gasteiger partial charge in [-0.1, -0.05) is 19.3 Å². The lowest BCUT2D eigenvalue weighted by molar-refractivity contribution is -0.127. The van der Waals surface area contributed by atoms with Gasteiger partial charge in [0.05, 0.1) is 0 Å². The molecule has 0 heterocycles. The number of carbonyl (C=O) groups is 2. The van der Waals surface area contributed by atoms with Gasteiger partial charge in [-0.05, 0) is 49.9 Å². The maximum Gasteiger partial charge on any atom is 0.260 e. The maximum absolute atomic E-state index is 12.1. The molecule has 2 amide bonds. The van der Waals surface area contributed by atoms with Crippen LogP contribution < -0.4 is 15.8 Å². The second kappa shape index (κ2) is 7.82. The Kier molecular flexibility index (Phi) is 5.81. The quantitative estimate of drug-likeness (QED) is 0.845. The van der Waals surface area contributed by atoms with E-state index in [1.54, 1.807) is 31.2 Å². The Labute approximate surface area is 131 Å². The lowest BCUT2D eigenvalue weighted by Crippen LogP contribution is -2.39. The van der Waals surface area contributed by atoms with E-state index in [1.165, 1.54) is 32.1 Å². The highest BCUT2D eigenvalue weighted by Gasteiger charge is 2.18. The summed E-state index contributed by atoms with van der Waals surface area (Å²) in [6.07, 6.45) is 5.67. The van der Waals surface area contributed by atoms with E-state index >= 15 is 0 Å². The average molecular weight is 304 g/mol. The van der Waals surface area contributed by atoms with Crippen LogP contribution in [0.15, 0.2) is 24.3 Å². The van der Waals surface area contributed by atoms with E-state index in [2.05, 4.69) is 5.32 Å². The van der Waals surface area contributed by atoms with Crippen LogP contribution in [0.4, 0.5) is 0 Å². The van der Waals surface area contributed by atoms with E-state index in [0.717, 1.165) is 6.54 Å². The van der Waals surface area contributed by atoms with Crippen LogP contribution in [-0.4, -0.2) is 24.5 Å². The fourth-order valence-corrected chi connectivity index (χ4v) is 2.74. The predicted octanol–water partition coefficient (Wildman–Crippen LogP) is 2.25. The summed E-state index contributed by atoms with van der Waals surface area (Å²) in [6, 6.07) is 6.46. The van der Waals surface area contributed by atoms with Crippen LogP contribution in [0.5, 0.6) is 5.75 Å². The van der Waals surface area contributed by atoms with Crippen molar-refractivity contribution in [3.05, 3.63) is 29.8 Å². The molecule has 5 heteroatoms. The molecule has 1 saturated carbocycles. The molecule has 1 aromatic rings. The maximum atomic E-state index is 12.1. The van der Waals surface area contributed by atoms with Crippen molar-refractivity contribution in [1.29, 1.82) is 0 Å². The topological polar surface area (TPSA) is 81.4 Å². The van der Waals surface area contributed by atoms with Gasteiger partial charge in [-0.25, -0.2) is 0 Å². The normalized spacial score (nSPS) is 16.8. The van der Waals surface area contributed by atoms with Crippen LogP contribution in [0.2, 0.25) is 0 Å². The minimum absolute atomic E-state index is 0.107. The number of primary amides is 1. The van der Waals surface area contributed by atoms with E-state index in [-0.39, 0.29) is 5.91 Å². The molecular formula is C17H24N2O3. The summed E-state index contributed by atoms with van der Waals surface area (Å²) >= 11 is 0. The van der Waals surface area contributed by atoms with E-state index < -0.39 is 12.0 Å². The van der Waals surface area contributed by atoms with E-state index in [0.29, 0.717) is 17.2 Å². The first-order chi connectivity index (χ1) is 10.6. The van der Waals surface area contributed by atoms with Crippen LogP contribution in [0.25, 0.3) is 0 Å². The molecule has 120 valence electrons. The molecule has 0 spiro atoms. The first-order valence-corrected chi connectivity index (χ1v) is 7.90. The molecule has 0 saturated heterocycles. The Bertz CT molecular complexity index is 507. The van der Waals surface area contributed by atoms with Crippen molar-refractivity contribution >= 4 is 11.8 Å². The number of amides is 2. The molecule has 0 aromatic heterocycles. The number of nitrogens with two attached hydrogens (primary N) is 1. The summed E-state index contributed by atoms with van der Waals surface area (Å²) in [7, 11) is 0. The van der Waals surface area contributed by atoms with Crippen molar-refractivity contribution in [3.8, 4) is 5.75 Å². The van der Waals surface area contributed by atoms with Crippen molar-refractivity contribution in [2.75, 3.05) is 6.54 Å². The SMILES string of the molecule is C[C@H](Oc1ccc(C(N)=O)cc1)C(=O)NCC1CCCCC1. The second-order valence-electron chi connectivity index (χ2n) is 5.90. The van der Waals surface area contributed by atoms with Gasteiger partial charge in [0, 0.05) is 12.1 Å². The first kappa shape index (κ1) is 16.3. The molecule has 0 radical (unpaired) electrons. The van der Waals surface area contributed by atoms with Gasteiger partial charge >= 0.3 is 0 Å². The highest BCUT2D eigenvalue weighted by molar-refractivity contribution is 5.92. The lowest BCUT2D eigenvalue weighted by Gasteiger charge is -2.23. The minimum Gasteiger partial charge on any atom is -0.481 e. The van der Waals surface area contributed by atoms with Gasteiger partial charge < -0.3 is 15.8 Å². The summed E-state index contributed by atoms with van der Waals surface area (Å²) in [5.41, 5.74) is 5.60. The zero-order valence-corrected chi connectivity index (χ0v) is 13.0. The van der Waals surface area contributed by atoms with Crippen LogP contribution in [-0.2, 0) is 4.79 Å². The Balaban J connectivity index is 1.78. The standard InChI is InChI=1S/C17H24N2O3/c1-12(17(21)19-11-13-5-3-2-4-6-13)22-15-9-7-14(8-10-15)16(18)20/h7-10,12-13H,2-6,11H2,1H3,(H2,18,20)(H,19,21)/t12-/m0/s1. The summed E-state index contributed by atoms with van der Waals surface area (Å²) in [6.45, 7) is 2.45. The van der Waals surface area contributed by atoms with E-state index in [4.69, 9.17) is 10.5 Å². The van der Waals surface area contributed by atoms with Gasteiger partial charge in [-0.15, -0.1) is 0 Å². The van der Waals surface area contributed by atoms with Gasteiger partial charge in [0.15, 0.2) is 6.10 Å². The van der Waals surface area contributed by atoms with Gasteiger partial charge in [0.2, 0.25) is 5.91 Å². The summed E-state index contributed by atoms with van der Waals surface area (Å²) in [4.78, 5) is 23.1. The summed E-state index contributed by atoms with van der Waals surface area (Å²) < 4.78 is 5.59. The number of ether oxygens (including phenoxy) is 1. The number of hydrogen-bond donors (Lipinski definition) is 2. The number of benzene rings is 1. The molecule has 5 nitrogen and oxygen atoms in total. The molecule has 0 aliphatic heterocycles. The van der Waals surface area contributed by atoms with E-state index in [1.807, 2.05) is 0 Å². The molecule has 1 aliphatic carbocycles. The largest absolute Gasteiger partial charge is 0.481 e. The molecular weight excluding hydrogens is 280 g/mol. The zero-order chi connectivity index (χ0) is 15.9. The Morgan fingerprint density at radius 1 is 1.23 bits per heavy atom. The van der Waals surface area contributed by atoms with Crippen LogP contribution >= 0.6 is 0 Å². The first-order valence-electron chi connectivity index (χ1n) is 7.90. The third kappa shape index (κ3) is 4.76. The van der Waals surface area contributed by atoms with Crippen LogP contribution in [0.3, 0.4) is 0 Å². The van der Waals surface area contributed by atoms with E-state index in [9.17, 15) is 9.59 Å². The average Bonchev–Trinajstić information content (AvgIpc) is 2.54. The Hall–Kier alpha value is -2.04. The van der Waals surface area contributed by atoms with Crippen molar-refractivity contribution < 1.29 is 14.3 Å². The molecule has 0 unspecified atom stereocenters. The molecule has 2 rings (SSSR count). The fourth-order valence-electron chi connectivity index (χ4n) is 2.74. The zero-order valence-electron chi connectivity index (χ0n) is 13.0. The molecule has 1 aliphatic rings. The molecule has 22 heavy (non-hydrogen) atoms. The molecule has 1 fully saturated rings. The monoisotopic (exact) mass is 304 g/mol. The van der Waals surface area contributed by atoms with Crippen molar-refractivity contribution in [2.45, 2.75) is 45.1 Å². The third-order valence-electron chi connectivity index (χ3n) is 4.11.